The minimum absolute atomic E-state index is 0.0190. The van der Waals surface area contributed by atoms with E-state index in [9.17, 15) is 35.3 Å². The lowest BCUT2D eigenvalue weighted by Crippen LogP contribution is -2.56. The summed E-state index contributed by atoms with van der Waals surface area (Å²) in [6.45, 7) is 0.785. The second-order valence-electron chi connectivity index (χ2n) is 9.26. The highest BCUT2D eigenvalue weighted by Crippen LogP contribution is 2.39. The van der Waals surface area contributed by atoms with Crippen LogP contribution < -0.4 is 4.90 Å². The number of thiol groups is 1. The molecule has 210 valence electrons. The van der Waals surface area contributed by atoms with Gasteiger partial charge >= 0.3 is 6.18 Å². The lowest BCUT2D eigenvalue weighted by Gasteiger charge is -2.42. The van der Waals surface area contributed by atoms with Crippen molar-refractivity contribution in [3.8, 4) is 0 Å². The summed E-state index contributed by atoms with van der Waals surface area (Å²) in [5.74, 6) is -0.636. The van der Waals surface area contributed by atoms with Crippen molar-refractivity contribution < 1.29 is 35.3 Å². The lowest BCUT2D eigenvalue weighted by atomic mass is 9.95. The Morgan fingerprint density at radius 1 is 1.03 bits per heavy atom. The maximum Gasteiger partial charge on any atom is 0.421 e. The molecule has 0 bridgehead atoms. The Labute approximate surface area is 232 Å². The van der Waals surface area contributed by atoms with E-state index in [-0.39, 0.29) is 45.6 Å². The molecule has 4 rings (SSSR count). The molecule has 3 aromatic rings. The third kappa shape index (κ3) is 6.17. The topological polar surface area (TPSA) is 77.9 Å². The molecule has 1 heterocycles. The summed E-state index contributed by atoms with van der Waals surface area (Å²) < 4.78 is 95.0. The minimum atomic E-state index is -4.89. The van der Waals surface area contributed by atoms with Gasteiger partial charge in [0.25, 0.3) is 0 Å². The quantitative estimate of drug-likeness (QED) is 0.306. The number of rotatable bonds is 7. The van der Waals surface area contributed by atoms with Gasteiger partial charge in [0.15, 0.2) is 5.60 Å². The fourth-order valence-corrected chi connectivity index (χ4v) is 7.72. The van der Waals surface area contributed by atoms with E-state index in [0.29, 0.717) is 12.6 Å². The third-order valence-electron chi connectivity index (χ3n) is 6.64. The molecular weight excluding hydrogens is 576 g/mol. The molecule has 3 aromatic carbocycles. The first kappa shape index (κ1) is 29.5. The summed E-state index contributed by atoms with van der Waals surface area (Å²) in [5, 5.41) is 10.0. The maximum atomic E-state index is 13.8. The fourth-order valence-electron chi connectivity index (χ4n) is 4.36. The molecule has 0 amide bonds. The van der Waals surface area contributed by atoms with Crippen LogP contribution in [0.15, 0.2) is 87.5 Å². The molecular formula is C26H26F4N2O4S3. The molecule has 0 radical (unpaired) electrons. The van der Waals surface area contributed by atoms with Gasteiger partial charge in [-0.25, -0.2) is 12.8 Å². The first-order chi connectivity index (χ1) is 18.2. The number of benzene rings is 3. The van der Waals surface area contributed by atoms with E-state index in [0.717, 1.165) is 18.2 Å². The molecule has 39 heavy (non-hydrogen) atoms. The number of alkyl halides is 3. The van der Waals surface area contributed by atoms with Gasteiger partial charge in [-0.1, -0.05) is 30.3 Å². The van der Waals surface area contributed by atoms with Gasteiger partial charge in [0.05, 0.1) is 21.7 Å². The minimum Gasteiger partial charge on any atom is -0.376 e. The molecule has 6 nitrogen and oxygen atoms in total. The van der Waals surface area contributed by atoms with Crippen molar-refractivity contribution in [1.82, 2.24) is 4.31 Å². The molecule has 1 N–H and O–H groups in total. The van der Waals surface area contributed by atoms with Crippen molar-refractivity contribution in [3.05, 3.63) is 84.2 Å². The zero-order valence-electron chi connectivity index (χ0n) is 20.7. The van der Waals surface area contributed by atoms with Crippen molar-refractivity contribution in [2.24, 2.45) is 0 Å². The number of halogens is 4. The molecule has 3 atom stereocenters. The molecule has 0 unspecified atom stereocenters. The monoisotopic (exact) mass is 602 g/mol. The van der Waals surface area contributed by atoms with Gasteiger partial charge in [-0.05, 0) is 55.0 Å². The zero-order chi connectivity index (χ0) is 28.6. The summed E-state index contributed by atoms with van der Waals surface area (Å²) in [7, 11) is -5.68. The molecule has 0 aromatic heterocycles. The molecule has 0 saturated carbocycles. The Morgan fingerprint density at radius 3 is 2.31 bits per heavy atom. The molecule has 13 heteroatoms. The van der Waals surface area contributed by atoms with Crippen molar-refractivity contribution in [1.29, 1.82) is 0 Å². The van der Waals surface area contributed by atoms with E-state index in [1.165, 1.54) is 40.7 Å². The average molecular weight is 603 g/mol. The van der Waals surface area contributed by atoms with Crippen molar-refractivity contribution in [2.75, 3.05) is 30.3 Å². The SMILES string of the molecule is C[C@@](O)(c1ccc(N2CCN(S(=O)(=O)c3ccccc3S)C[C@@H]2C[S@@](=O)c2cccc(F)c2)cc1)C(F)(F)F. The normalized spacial score (nSPS) is 19.5. The number of piperazine rings is 1. The lowest BCUT2D eigenvalue weighted by molar-refractivity contribution is -0.258. The highest BCUT2D eigenvalue weighted by Gasteiger charge is 2.51. The summed E-state index contributed by atoms with van der Waals surface area (Å²) in [4.78, 5) is 2.28. The van der Waals surface area contributed by atoms with Gasteiger partial charge in [0, 0.05) is 40.9 Å². The Kier molecular flexibility index (Phi) is 8.48. The van der Waals surface area contributed by atoms with Crippen LogP contribution in [0.3, 0.4) is 0 Å². The Morgan fingerprint density at radius 2 is 1.69 bits per heavy atom. The molecule has 1 fully saturated rings. The smallest absolute Gasteiger partial charge is 0.376 e. The second kappa shape index (κ2) is 11.2. The predicted octanol–water partition coefficient (Wildman–Crippen LogP) is 4.57. The summed E-state index contributed by atoms with van der Waals surface area (Å²) in [6, 6.07) is 16.0. The van der Waals surface area contributed by atoms with Crippen molar-refractivity contribution in [3.63, 3.8) is 0 Å². The van der Waals surface area contributed by atoms with E-state index >= 15 is 0 Å². The van der Waals surface area contributed by atoms with Crippen molar-refractivity contribution in [2.45, 2.75) is 39.4 Å². The van der Waals surface area contributed by atoms with E-state index in [2.05, 4.69) is 12.6 Å². The number of nitrogens with zero attached hydrogens (tertiary/aromatic N) is 2. The Hall–Kier alpha value is -2.45. The van der Waals surface area contributed by atoms with Crippen LogP contribution in [-0.4, -0.2) is 59.6 Å². The highest BCUT2D eigenvalue weighted by molar-refractivity contribution is 7.90. The van der Waals surface area contributed by atoms with E-state index in [4.69, 9.17) is 0 Å². The standard InChI is InChI=1S/C26H26F4N2O4S3/c1-25(33,26(28,29)30)18-9-11-20(12-10-18)32-14-13-31(39(35,36)24-8-3-2-7-23(24)37)16-21(32)17-38(34)22-6-4-5-19(27)15-22/h2-12,15,21,33,37H,13-14,16-17H2,1H3/t21-,25-,38-/m1/s1. The third-order valence-corrected chi connectivity index (χ3v) is 10.6. The van der Waals surface area contributed by atoms with Gasteiger partial charge < -0.3 is 10.0 Å². The van der Waals surface area contributed by atoms with Gasteiger partial charge in [0.2, 0.25) is 10.0 Å². The fraction of sp³-hybridized carbons (Fsp3) is 0.308. The van der Waals surface area contributed by atoms with Crippen LogP contribution in [0.2, 0.25) is 0 Å². The predicted molar refractivity (Wildman–Crippen MR) is 143 cm³/mol. The van der Waals surface area contributed by atoms with Crippen LogP contribution in [0, 0.1) is 5.82 Å². The second-order valence-corrected chi connectivity index (χ2v) is 13.1. The van der Waals surface area contributed by atoms with Gasteiger partial charge in [0.1, 0.15) is 5.82 Å². The van der Waals surface area contributed by atoms with Crippen LogP contribution in [0.5, 0.6) is 0 Å². The van der Waals surface area contributed by atoms with Gasteiger partial charge in [-0.15, -0.1) is 12.6 Å². The maximum absolute atomic E-state index is 13.8. The van der Waals surface area contributed by atoms with Crippen LogP contribution >= 0.6 is 12.6 Å². The van der Waals surface area contributed by atoms with Crippen LogP contribution in [0.4, 0.5) is 23.2 Å². The average Bonchev–Trinajstić information content (AvgIpc) is 2.88. The number of sulfonamides is 1. The van der Waals surface area contributed by atoms with Crippen LogP contribution in [0.1, 0.15) is 12.5 Å². The summed E-state index contributed by atoms with van der Waals surface area (Å²) in [5.41, 5.74) is -2.95. The number of hydrogen-bond donors (Lipinski definition) is 2. The summed E-state index contributed by atoms with van der Waals surface area (Å²) in [6.07, 6.45) is -4.89. The number of hydrogen-bond acceptors (Lipinski definition) is 6. The molecule has 1 aliphatic rings. The summed E-state index contributed by atoms with van der Waals surface area (Å²) >= 11 is 4.27. The van der Waals surface area contributed by atoms with E-state index in [1.807, 2.05) is 0 Å². The van der Waals surface area contributed by atoms with Crippen LogP contribution in [-0.2, 0) is 26.4 Å². The number of anilines is 1. The van der Waals surface area contributed by atoms with E-state index < -0.39 is 44.5 Å². The van der Waals surface area contributed by atoms with Gasteiger partial charge in [-0.2, -0.15) is 17.5 Å². The molecule has 0 spiro atoms. The zero-order valence-corrected chi connectivity index (χ0v) is 23.2. The highest BCUT2D eigenvalue weighted by atomic mass is 32.2. The largest absolute Gasteiger partial charge is 0.421 e. The van der Waals surface area contributed by atoms with Crippen LogP contribution in [0.25, 0.3) is 0 Å². The van der Waals surface area contributed by atoms with Crippen molar-refractivity contribution >= 4 is 39.1 Å². The van der Waals surface area contributed by atoms with Gasteiger partial charge in [-0.3, -0.25) is 4.21 Å². The molecule has 0 aliphatic carbocycles. The molecule has 1 saturated heterocycles. The Balaban J connectivity index is 1.66. The first-order valence-electron chi connectivity index (χ1n) is 11.8. The number of aliphatic hydroxyl groups is 1. The molecule has 1 aliphatic heterocycles. The first-order valence-corrected chi connectivity index (χ1v) is 15.0. The Bertz CT molecular complexity index is 1460. The van der Waals surface area contributed by atoms with E-state index in [1.54, 1.807) is 23.1 Å².